The second-order valence-electron chi connectivity index (χ2n) is 5.62. The van der Waals surface area contributed by atoms with Gasteiger partial charge in [0, 0.05) is 33.1 Å². The van der Waals surface area contributed by atoms with E-state index in [1.807, 2.05) is 6.92 Å². The lowest BCUT2D eigenvalue weighted by Crippen LogP contribution is -2.39. The fourth-order valence-corrected chi connectivity index (χ4v) is 2.96. The number of amides is 2. The molecule has 2 amide bonds. The quantitative estimate of drug-likeness (QED) is 0.792. The van der Waals surface area contributed by atoms with Crippen molar-refractivity contribution < 1.29 is 19.5 Å². The molecule has 2 saturated heterocycles. The van der Waals surface area contributed by atoms with Crippen molar-refractivity contribution in [3.05, 3.63) is 0 Å². The van der Waals surface area contributed by atoms with Crippen LogP contribution in [0.25, 0.3) is 0 Å². The summed E-state index contributed by atoms with van der Waals surface area (Å²) in [4.78, 5) is 38.3. The Balaban J connectivity index is 2.03. The highest BCUT2D eigenvalue weighted by Crippen LogP contribution is 2.35. The third-order valence-electron chi connectivity index (χ3n) is 4.49. The number of rotatable bonds is 3. The monoisotopic (exact) mass is 268 g/mol. The van der Waals surface area contributed by atoms with Crippen LogP contribution in [0.15, 0.2) is 0 Å². The topological polar surface area (TPSA) is 77.9 Å². The van der Waals surface area contributed by atoms with Crippen LogP contribution in [0.5, 0.6) is 0 Å². The van der Waals surface area contributed by atoms with E-state index < -0.39 is 11.4 Å². The van der Waals surface area contributed by atoms with Gasteiger partial charge in [-0.25, -0.2) is 0 Å². The van der Waals surface area contributed by atoms with Gasteiger partial charge in [0.1, 0.15) is 0 Å². The number of carbonyl (C=O) groups is 3. The molecule has 0 bridgehead atoms. The highest BCUT2D eigenvalue weighted by atomic mass is 16.4. The fourth-order valence-electron chi connectivity index (χ4n) is 2.96. The van der Waals surface area contributed by atoms with E-state index in [-0.39, 0.29) is 30.7 Å². The second-order valence-corrected chi connectivity index (χ2v) is 5.62. The molecule has 0 radical (unpaired) electrons. The number of hydrogen-bond donors (Lipinski definition) is 1. The van der Waals surface area contributed by atoms with Gasteiger partial charge >= 0.3 is 5.97 Å². The Hall–Kier alpha value is -1.59. The maximum Gasteiger partial charge on any atom is 0.311 e. The van der Waals surface area contributed by atoms with E-state index in [1.54, 1.807) is 16.8 Å². The summed E-state index contributed by atoms with van der Waals surface area (Å²) < 4.78 is 0. The lowest BCUT2D eigenvalue weighted by Gasteiger charge is -2.24. The first kappa shape index (κ1) is 13.8. The first-order valence-electron chi connectivity index (χ1n) is 6.66. The van der Waals surface area contributed by atoms with Gasteiger partial charge in [-0.1, -0.05) is 6.92 Å². The number of nitrogens with zero attached hydrogens (tertiary/aromatic N) is 2. The predicted octanol–water partition coefficient (Wildman–Crippen LogP) is 0.178. The van der Waals surface area contributed by atoms with E-state index in [1.165, 1.54) is 0 Å². The minimum Gasteiger partial charge on any atom is -0.481 e. The van der Waals surface area contributed by atoms with Crippen molar-refractivity contribution in [2.45, 2.75) is 26.2 Å². The molecule has 106 valence electrons. The predicted molar refractivity (Wildman–Crippen MR) is 67.3 cm³/mol. The Labute approximate surface area is 112 Å². The fraction of sp³-hybridized carbons (Fsp3) is 0.769. The van der Waals surface area contributed by atoms with Gasteiger partial charge < -0.3 is 14.9 Å². The molecule has 1 N–H and O–H groups in total. The van der Waals surface area contributed by atoms with E-state index in [0.29, 0.717) is 25.9 Å². The standard InChI is InChI=1S/C13H20N2O4/c1-3-13(12(18)19)4-5-15(8-13)11(17)9-6-10(16)14(2)7-9/h9H,3-8H2,1-2H3,(H,18,19). The van der Waals surface area contributed by atoms with E-state index in [9.17, 15) is 19.5 Å². The Bertz CT molecular complexity index is 423. The molecule has 0 spiro atoms. The highest BCUT2D eigenvalue weighted by molar-refractivity contribution is 5.89. The number of carbonyl (C=O) groups excluding carboxylic acids is 2. The summed E-state index contributed by atoms with van der Waals surface area (Å²) in [6, 6.07) is 0. The van der Waals surface area contributed by atoms with Crippen LogP contribution in [0.3, 0.4) is 0 Å². The van der Waals surface area contributed by atoms with E-state index in [0.717, 1.165) is 0 Å². The summed E-state index contributed by atoms with van der Waals surface area (Å²) in [5.74, 6) is -1.23. The molecule has 6 nitrogen and oxygen atoms in total. The molecule has 0 aromatic heterocycles. The van der Waals surface area contributed by atoms with Crippen molar-refractivity contribution in [1.82, 2.24) is 9.80 Å². The lowest BCUT2D eigenvalue weighted by atomic mass is 9.84. The number of carboxylic acids is 1. The molecule has 2 aliphatic heterocycles. The maximum atomic E-state index is 12.3. The van der Waals surface area contributed by atoms with Crippen molar-refractivity contribution in [3.63, 3.8) is 0 Å². The summed E-state index contributed by atoms with van der Waals surface area (Å²) in [6.45, 7) is 3.04. The van der Waals surface area contributed by atoms with Gasteiger partial charge in [0.05, 0.1) is 11.3 Å². The SMILES string of the molecule is CCC1(C(=O)O)CCN(C(=O)C2CC(=O)N(C)C2)C1. The van der Waals surface area contributed by atoms with Crippen molar-refractivity contribution in [2.24, 2.45) is 11.3 Å². The molecule has 6 heteroatoms. The Morgan fingerprint density at radius 3 is 2.58 bits per heavy atom. The van der Waals surface area contributed by atoms with Gasteiger partial charge in [-0.3, -0.25) is 14.4 Å². The lowest BCUT2D eigenvalue weighted by molar-refractivity contribution is -0.149. The smallest absolute Gasteiger partial charge is 0.311 e. The molecule has 2 unspecified atom stereocenters. The number of carboxylic acid groups (broad SMARTS) is 1. The highest BCUT2D eigenvalue weighted by Gasteiger charge is 2.46. The van der Waals surface area contributed by atoms with E-state index in [2.05, 4.69) is 0 Å². The number of aliphatic carboxylic acids is 1. The van der Waals surface area contributed by atoms with Gasteiger partial charge in [-0.2, -0.15) is 0 Å². The summed E-state index contributed by atoms with van der Waals surface area (Å²) in [6.07, 6.45) is 1.27. The van der Waals surface area contributed by atoms with Crippen LogP contribution in [-0.2, 0) is 14.4 Å². The maximum absolute atomic E-state index is 12.3. The third kappa shape index (κ3) is 2.31. The zero-order valence-corrected chi connectivity index (χ0v) is 11.4. The van der Waals surface area contributed by atoms with Crippen LogP contribution in [0.1, 0.15) is 26.2 Å². The molecule has 0 saturated carbocycles. The van der Waals surface area contributed by atoms with Gasteiger partial charge in [0.2, 0.25) is 11.8 Å². The average Bonchev–Trinajstić information content (AvgIpc) is 2.94. The van der Waals surface area contributed by atoms with Gasteiger partial charge in [0.25, 0.3) is 0 Å². The van der Waals surface area contributed by atoms with Crippen LogP contribution >= 0.6 is 0 Å². The van der Waals surface area contributed by atoms with Crippen molar-refractivity contribution in [1.29, 1.82) is 0 Å². The van der Waals surface area contributed by atoms with E-state index in [4.69, 9.17) is 0 Å². The molecule has 0 aromatic carbocycles. The van der Waals surface area contributed by atoms with E-state index >= 15 is 0 Å². The van der Waals surface area contributed by atoms with Gasteiger partial charge in [-0.05, 0) is 12.8 Å². The summed E-state index contributed by atoms with van der Waals surface area (Å²) in [5.41, 5.74) is -0.801. The largest absolute Gasteiger partial charge is 0.481 e. The number of hydrogen-bond acceptors (Lipinski definition) is 3. The Morgan fingerprint density at radius 1 is 1.47 bits per heavy atom. The Kier molecular flexibility index (Phi) is 3.52. The molecular weight excluding hydrogens is 248 g/mol. The van der Waals surface area contributed by atoms with Crippen molar-refractivity contribution in [3.8, 4) is 0 Å². The van der Waals surface area contributed by atoms with Crippen LogP contribution in [0.2, 0.25) is 0 Å². The zero-order valence-electron chi connectivity index (χ0n) is 11.4. The van der Waals surface area contributed by atoms with Gasteiger partial charge in [0.15, 0.2) is 0 Å². The average molecular weight is 268 g/mol. The normalized spacial score (nSPS) is 31.1. The molecule has 2 aliphatic rings. The van der Waals surface area contributed by atoms with Crippen LogP contribution < -0.4 is 0 Å². The minimum absolute atomic E-state index is 0.0162. The molecular formula is C13H20N2O4. The summed E-state index contributed by atoms with van der Waals surface area (Å²) in [7, 11) is 1.69. The third-order valence-corrected chi connectivity index (χ3v) is 4.49. The molecule has 0 aromatic rings. The number of likely N-dealkylation sites (tertiary alicyclic amines) is 2. The molecule has 2 rings (SSSR count). The summed E-state index contributed by atoms with van der Waals surface area (Å²) in [5, 5.41) is 9.31. The minimum atomic E-state index is -0.829. The van der Waals surface area contributed by atoms with Crippen molar-refractivity contribution >= 4 is 17.8 Å². The molecule has 19 heavy (non-hydrogen) atoms. The Morgan fingerprint density at radius 2 is 2.16 bits per heavy atom. The second kappa shape index (κ2) is 4.83. The first-order valence-corrected chi connectivity index (χ1v) is 6.66. The molecule has 2 atom stereocenters. The molecule has 2 heterocycles. The van der Waals surface area contributed by atoms with Crippen LogP contribution in [0, 0.1) is 11.3 Å². The van der Waals surface area contributed by atoms with Crippen molar-refractivity contribution in [2.75, 3.05) is 26.7 Å². The molecule has 2 fully saturated rings. The zero-order chi connectivity index (χ0) is 14.2. The summed E-state index contributed by atoms with van der Waals surface area (Å²) >= 11 is 0. The first-order chi connectivity index (χ1) is 8.89. The van der Waals surface area contributed by atoms with Crippen LogP contribution in [-0.4, -0.2) is 59.4 Å². The van der Waals surface area contributed by atoms with Crippen LogP contribution in [0.4, 0.5) is 0 Å². The molecule has 0 aliphatic carbocycles. The van der Waals surface area contributed by atoms with Gasteiger partial charge in [-0.15, -0.1) is 0 Å².